The van der Waals surface area contributed by atoms with Crippen LogP contribution >= 0.6 is 0 Å². The number of nitrogens with two attached hydrogens (primary N) is 1. The summed E-state index contributed by atoms with van der Waals surface area (Å²) in [5.74, 6) is -0.857. The molecule has 1 aromatic carbocycles. The number of fused-ring (bicyclic) bond motifs is 1. The lowest BCUT2D eigenvalue weighted by atomic mass is 9.98. The Morgan fingerprint density at radius 2 is 2.05 bits per heavy atom. The topological polar surface area (TPSA) is 83.6 Å². The maximum Gasteiger partial charge on any atom is 0.304 e. The predicted molar refractivity (Wildman–Crippen MR) is 79.1 cm³/mol. The first-order valence-electron chi connectivity index (χ1n) is 7.44. The van der Waals surface area contributed by atoms with Crippen molar-refractivity contribution in [1.82, 2.24) is 0 Å². The van der Waals surface area contributed by atoms with Crippen molar-refractivity contribution in [1.29, 1.82) is 0 Å². The van der Waals surface area contributed by atoms with Crippen molar-refractivity contribution in [3.8, 4) is 0 Å². The summed E-state index contributed by atoms with van der Waals surface area (Å²) in [5, 5.41) is 9.05. The zero-order valence-electron chi connectivity index (χ0n) is 11.9. The highest BCUT2D eigenvalue weighted by molar-refractivity contribution is 5.97. The van der Waals surface area contributed by atoms with Gasteiger partial charge in [-0.2, -0.15) is 0 Å². The minimum atomic E-state index is -0.827. The van der Waals surface area contributed by atoms with Crippen LogP contribution in [0.3, 0.4) is 0 Å². The van der Waals surface area contributed by atoms with E-state index >= 15 is 0 Å². The van der Waals surface area contributed by atoms with Crippen LogP contribution in [0.15, 0.2) is 24.3 Å². The fourth-order valence-electron chi connectivity index (χ4n) is 3.55. The lowest BCUT2D eigenvalue weighted by Gasteiger charge is -2.21. The maximum absolute atomic E-state index is 12.7. The van der Waals surface area contributed by atoms with Crippen LogP contribution in [0.1, 0.15) is 37.2 Å². The van der Waals surface area contributed by atoms with Gasteiger partial charge in [-0.25, -0.2) is 0 Å². The standard InChI is InChI=1S/C16H20N2O3/c17-12-6-5-10(7-12)16(21)18-9-11(8-15(19)20)13-3-1-2-4-14(13)18/h1-4,10-12H,5-9,17H2,(H,19,20). The molecule has 1 heterocycles. The van der Waals surface area contributed by atoms with E-state index in [-0.39, 0.29) is 30.2 Å². The minimum absolute atomic E-state index is 0.0170. The molecule has 1 aromatic rings. The van der Waals surface area contributed by atoms with Crippen molar-refractivity contribution < 1.29 is 14.7 Å². The number of anilines is 1. The highest BCUT2D eigenvalue weighted by Crippen LogP contribution is 2.40. The summed E-state index contributed by atoms with van der Waals surface area (Å²) >= 11 is 0. The molecule has 1 saturated carbocycles. The average molecular weight is 288 g/mol. The van der Waals surface area contributed by atoms with Gasteiger partial charge in [0.25, 0.3) is 0 Å². The Morgan fingerprint density at radius 1 is 1.29 bits per heavy atom. The third-order valence-corrected chi connectivity index (χ3v) is 4.58. The summed E-state index contributed by atoms with van der Waals surface area (Å²) in [6, 6.07) is 7.74. The molecule has 0 bridgehead atoms. The number of carbonyl (C=O) groups excluding carboxylic acids is 1. The summed E-state index contributed by atoms with van der Waals surface area (Å²) in [6.07, 6.45) is 2.53. The van der Waals surface area contributed by atoms with Gasteiger partial charge in [0, 0.05) is 30.1 Å². The molecule has 1 fully saturated rings. The Kier molecular flexibility index (Phi) is 3.68. The molecular formula is C16H20N2O3. The SMILES string of the molecule is NC1CCC(C(=O)N2CC(CC(=O)O)c3ccccc32)C1. The van der Waals surface area contributed by atoms with E-state index in [4.69, 9.17) is 10.8 Å². The van der Waals surface area contributed by atoms with Crippen LogP contribution in [0.2, 0.25) is 0 Å². The van der Waals surface area contributed by atoms with Crippen molar-refractivity contribution in [3.05, 3.63) is 29.8 Å². The van der Waals surface area contributed by atoms with Gasteiger partial charge in [-0.15, -0.1) is 0 Å². The fraction of sp³-hybridized carbons (Fsp3) is 0.500. The minimum Gasteiger partial charge on any atom is -0.481 e. The number of nitrogens with zero attached hydrogens (tertiary/aromatic N) is 1. The number of carboxylic acids is 1. The Morgan fingerprint density at radius 3 is 2.71 bits per heavy atom. The van der Waals surface area contributed by atoms with Crippen LogP contribution < -0.4 is 10.6 Å². The molecule has 5 heteroatoms. The molecule has 5 nitrogen and oxygen atoms in total. The molecule has 1 amide bonds. The van der Waals surface area contributed by atoms with Crippen molar-refractivity contribution in [2.24, 2.45) is 11.7 Å². The van der Waals surface area contributed by atoms with E-state index < -0.39 is 5.97 Å². The van der Waals surface area contributed by atoms with Crippen LogP contribution in [-0.2, 0) is 9.59 Å². The molecule has 1 aliphatic carbocycles. The maximum atomic E-state index is 12.7. The molecule has 1 aliphatic heterocycles. The van der Waals surface area contributed by atoms with E-state index in [1.54, 1.807) is 4.90 Å². The van der Waals surface area contributed by atoms with E-state index in [0.717, 1.165) is 30.5 Å². The Balaban J connectivity index is 1.84. The molecule has 0 saturated heterocycles. The van der Waals surface area contributed by atoms with E-state index in [1.165, 1.54) is 0 Å². The lowest BCUT2D eigenvalue weighted by molar-refractivity contribution is -0.137. The number of carboxylic acid groups (broad SMARTS) is 1. The number of benzene rings is 1. The molecule has 3 rings (SSSR count). The van der Waals surface area contributed by atoms with Gasteiger partial charge in [-0.1, -0.05) is 18.2 Å². The number of carbonyl (C=O) groups is 2. The van der Waals surface area contributed by atoms with Gasteiger partial charge < -0.3 is 15.7 Å². The first kappa shape index (κ1) is 14.1. The van der Waals surface area contributed by atoms with E-state index in [0.29, 0.717) is 6.54 Å². The highest BCUT2D eigenvalue weighted by Gasteiger charge is 2.38. The zero-order valence-corrected chi connectivity index (χ0v) is 11.9. The van der Waals surface area contributed by atoms with Crippen LogP contribution in [0.25, 0.3) is 0 Å². The second-order valence-electron chi connectivity index (χ2n) is 6.07. The number of hydrogen-bond acceptors (Lipinski definition) is 3. The lowest BCUT2D eigenvalue weighted by Crippen LogP contribution is -2.35. The summed E-state index contributed by atoms with van der Waals surface area (Å²) in [6.45, 7) is 0.468. The third kappa shape index (κ3) is 2.65. The summed E-state index contributed by atoms with van der Waals surface area (Å²) in [7, 11) is 0. The van der Waals surface area contributed by atoms with Crippen LogP contribution in [-0.4, -0.2) is 29.6 Å². The summed E-state index contributed by atoms with van der Waals surface area (Å²) < 4.78 is 0. The molecule has 3 atom stereocenters. The smallest absolute Gasteiger partial charge is 0.304 e. The molecule has 0 aromatic heterocycles. The fourth-order valence-corrected chi connectivity index (χ4v) is 3.55. The number of aliphatic carboxylic acids is 1. The monoisotopic (exact) mass is 288 g/mol. The van der Waals surface area contributed by atoms with Crippen molar-refractivity contribution in [3.63, 3.8) is 0 Å². The van der Waals surface area contributed by atoms with Gasteiger partial charge >= 0.3 is 5.97 Å². The second kappa shape index (κ2) is 5.48. The van der Waals surface area contributed by atoms with Crippen LogP contribution in [0, 0.1) is 5.92 Å². The molecular weight excluding hydrogens is 268 g/mol. The van der Waals surface area contributed by atoms with Gasteiger partial charge in [0.15, 0.2) is 0 Å². The quantitative estimate of drug-likeness (QED) is 0.887. The number of hydrogen-bond donors (Lipinski definition) is 2. The average Bonchev–Trinajstić information content (AvgIpc) is 3.03. The normalized spacial score (nSPS) is 27.7. The van der Waals surface area contributed by atoms with E-state index in [9.17, 15) is 9.59 Å². The molecule has 0 radical (unpaired) electrons. The highest BCUT2D eigenvalue weighted by atomic mass is 16.4. The van der Waals surface area contributed by atoms with Gasteiger partial charge in [0.1, 0.15) is 0 Å². The third-order valence-electron chi connectivity index (χ3n) is 4.58. The first-order valence-corrected chi connectivity index (χ1v) is 7.44. The summed E-state index contributed by atoms with van der Waals surface area (Å²) in [4.78, 5) is 25.5. The molecule has 112 valence electrons. The number of para-hydroxylation sites is 1. The van der Waals surface area contributed by atoms with Gasteiger partial charge in [0.2, 0.25) is 5.91 Å². The zero-order chi connectivity index (χ0) is 15.0. The van der Waals surface area contributed by atoms with E-state index in [2.05, 4.69) is 0 Å². The Bertz CT molecular complexity index is 572. The van der Waals surface area contributed by atoms with Gasteiger partial charge in [-0.3, -0.25) is 9.59 Å². The van der Waals surface area contributed by atoms with Crippen molar-refractivity contribution in [2.45, 2.75) is 37.6 Å². The largest absolute Gasteiger partial charge is 0.481 e. The van der Waals surface area contributed by atoms with Gasteiger partial charge in [0.05, 0.1) is 6.42 Å². The van der Waals surface area contributed by atoms with Gasteiger partial charge in [-0.05, 0) is 30.9 Å². The molecule has 0 spiro atoms. The first-order chi connectivity index (χ1) is 10.1. The molecule has 2 aliphatic rings. The van der Waals surface area contributed by atoms with Crippen molar-refractivity contribution >= 4 is 17.6 Å². The second-order valence-corrected chi connectivity index (χ2v) is 6.07. The predicted octanol–water partition coefficient (Wildman–Crippen LogP) is 1.72. The molecule has 3 N–H and O–H groups in total. The van der Waals surface area contributed by atoms with Crippen LogP contribution in [0.4, 0.5) is 5.69 Å². The molecule has 3 unspecified atom stereocenters. The van der Waals surface area contributed by atoms with Crippen LogP contribution in [0.5, 0.6) is 0 Å². The van der Waals surface area contributed by atoms with E-state index in [1.807, 2.05) is 24.3 Å². The Labute approximate surface area is 123 Å². The number of rotatable bonds is 3. The van der Waals surface area contributed by atoms with Crippen molar-refractivity contribution in [2.75, 3.05) is 11.4 Å². The summed E-state index contributed by atoms with van der Waals surface area (Å²) in [5.41, 5.74) is 7.74. The number of amides is 1. The Hall–Kier alpha value is -1.88. The molecule has 21 heavy (non-hydrogen) atoms.